The molecule has 0 spiro atoms. The lowest BCUT2D eigenvalue weighted by Gasteiger charge is -2.61. The van der Waals surface area contributed by atoms with Crippen LogP contribution in [-0.4, -0.2) is 23.3 Å². The lowest BCUT2D eigenvalue weighted by molar-refractivity contribution is -0.153. The van der Waals surface area contributed by atoms with Crippen LogP contribution in [0.4, 0.5) is 5.69 Å². The van der Waals surface area contributed by atoms with Gasteiger partial charge in [-0.25, -0.2) is 0 Å². The lowest BCUT2D eigenvalue weighted by Crippen LogP contribution is -2.65. The van der Waals surface area contributed by atoms with E-state index in [9.17, 15) is 14.4 Å². The Balaban J connectivity index is 1.43. The smallest absolute Gasteiger partial charge is 0.226 e. The van der Waals surface area contributed by atoms with Gasteiger partial charge in [-0.1, -0.05) is 26.0 Å². The predicted octanol–water partition coefficient (Wildman–Crippen LogP) is 3.37. The normalized spacial score (nSPS) is 31.5. The van der Waals surface area contributed by atoms with E-state index < -0.39 is 0 Å². The fraction of sp³-hybridized carbons (Fsp3) is 0.625. The Morgan fingerprint density at radius 3 is 2.43 bits per heavy atom. The summed E-state index contributed by atoms with van der Waals surface area (Å²) < 4.78 is 0. The fourth-order valence-corrected chi connectivity index (χ4v) is 6.46. The van der Waals surface area contributed by atoms with Gasteiger partial charge in [0.05, 0.1) is 5.41 Å². The Morgan fingerprint density at radius 2 is 1.80 bits per heavy atom. The van der Waals surface area contributed by atoms with Gasteiger partial charge >= 0.3 is 0 Å². The van der Waals surface area contributed by atoms with Crippen molar-refractivity contribution in [3.63, 3.8) is 0 Å². The highest BCUT2D eigenvalue weighted by Gasteiger charge is 2.60. The third-order valence-electron chi connectivity index (χ3n) is 7.16. The molecule has 4 atom stereocenters. The number of carbonyl (C=O) groups excluding carboxylic acids is 3. The average molecular weight is 412 g/mol. The van der Waals surface area contributed by atoms with Crippen LogP contribution in [0.25, 0.3) is 0 Å². The Labute approximate surface area is 178 Å². The topological polar surface area (TPSA) is 87.3 Å². The standard InChI is InChI=1S/C24H33N3O3/c1-15(2)21(29)26-20-6-4-5-17(8-20)13-25-22(30)23-9-18-7-19(10-23)12-24(11-18,14-23)27-16(3)28/h4-6,8,15,18-19H,7,9-14H2,1-3H3,(H,25,30)(H,26,29)(H,27,28)/t18-,19+,23?,24?. The number of carbonyl (C=O) groups is 3. The van der Waals surface area contributed by atoms with E-state index in [-0.39, 0.29) is 34.6 Å². The molecule has 2 unspecified atom stereocenters. The van der Waals surface area contributed by atoms with Crippen LogP contribution in [0.1, 0.15) is 64.9 Å². The summed E-state index contributed by atoms with van der Waals surface area (Å²) in [5, 5.41) is 9.29. The SMILES string of the molecule is CC(=O)NC12C[C@H]3C[C@@H](C1)CC(C(=O)NCc1cccc(NC(=O)C(C)C)c1)(C3)C2. The van der Waals surface area contributed by atoms with Gasteiger partial charge in [-0.3, -0.25) is 14.4 Å². The van der Waals surface area contributed by atoms with E-state index in [0.717, 1.165) is 43.4 Å². The predicted molar refractivity (Wildman–Crippen MR) is 115 cm³/mol. The molecule has 4 aliphatic carbocycles. The number of nitrogens with one attached hydrogen (secondary N) is 3. The van der Waals surface area contributed by atoms with Gasteiger partial charge in [0.25, 0.3) is 0 Å². The minimum Gasteiger partial charge on any atom is -0.352 e. The first-order valence-corrected chi connectivity index (χ1v) is 11.2. The van der Waals surface area contributed by atoms with E-state index in [1.54, 1.807) is 6.92 Å². The van der Waals surface area contributed by atoms with E-state index in [4.69, 9.17) is 0 Å². The Kier molecular flexibility index (Phi) is 5.37. The maximum atomic E-state index is 13.4. The summed E-state index contributed by atoms with van der Waals surface area (Å²) in [5.41, 5.74) is 1.15. The second-order valence-corrected chi connectivity index (χ2v) is 10.2. The van der Waals surface area contributed by atoms with E-state index >= 15 is 0 Å². The molecule has 0 aliphatic heterocycles. The van der Waals surface area contributed by atoms with Crippen LogP contribution in [0.5, 0.6) is 0 Å². The number of amides is 3. The average Bonchev–Trinajstić information content (AvgIpc) is 2.64. The number of hydrogen-bond donors (Lipinski definition) is 3. The molecular formula is C24H33N3O3. The molecule has 4 saturated carbocycles. The molecule has 4 bridgehead atoms. The summed E-state index contributed by atoms with van der Waals surface area (Å²) in [7, 11) is 0. The van der Waals surface area contributed by atoms with Crippen LogP contribution in [-0.2, 0) is 20.9 Å². The first-order valence-electron chi connectivity index (χ1n) is 11.2. The molecule has 0 saturated heterocycles. The van der Waals surface area contributed by atoms with Gasteiger partial charge in [0, 0.05) is 30.6 Å². The Bertz CT molecular complexity index is 849. The van der Waals surface area contributed by atoms with Gasteiger partial charge in [0.2, 0.25) is 17.7 Å². The maximum absolute atomic E-state index is 13.4. The second kappa shape index (κ2) is 7.71. The molecule has 0 radical (unpaired) electrons. The molecule has 3 amide bonds. The van der Waals surface area contributed by atoms with Crippen LogP contribution in [0.2, 0.25) is 0 Å². The molecule has 162 valence electrons. The minimum absolute atomic E-state index is 0.00719. The van der Waals surface area contributed by atoms with Crippen molar-refractivity contribution >= 4 is 23.4 Å². The zero-order chi connectivity index (χ0) is 21.5. The third-order valence-corrected chi connectivity index (χ3v) is 7.16. The van der Waals surface area contributed by atoms with Crippen molar-refractivity contribution in [3.8, 4) is 0 Å². The maximum Gasteiger partial charge on any atom is 0.226 e. The molecule has 6 nitrogen and oxygen atoms in total. The quantitative estimate of drug-likeness (QED) is 0.671. The molecule has 1 aromatic carbocycles. The van der Waals surface area contributed by atoms with Gasteiger partial charge in [-0.05, 0) is 68.1 Å². The summed E-state index contributed by atoms with van der Waals surface area (Å²) in [6.07, 6.45) is 5.82. The van der Waals surface area contributed by atoms with Crippen molar-refractivity contribution in [1.29, 1.82) is 0 Å². The van der Waals surface area contributed by atoms with Crippen LogP contribution in [0, 0.1) is 23.2 Å². The van der Waals surface area contributed by atoms with E-state index in [1.165, 1.54) is 6.42 Å². The molecule has 1 aromatic rings. The number of benzene rings is 1. The van der Waals surface area contributed by atoms with E-state index in [0.29, 0.717) is 18.4 Å². The van der Waals surface area contributed by atoms with Crippen LogP contribution >= 0.6 is 0 Å². The first-order chi connectivity index (χ1) is 14.2. The molecule has 30 heavy (non-hydrogen) atoms. The van der Waals surface area contributed by atoms with Crippen LogP contribution < -0.4 is 16.0 Å². The first kappa shape index (κ1) is 20.9. The molecule has 4 aliphatic rings. The lowest BCUT2D eigenvalue weighted by atomic mass is 9.46. The molecular weight excluding hydrogens is 378 g/mol. The summed E-state index contributed by atoms with van der Waals surface area (Å²) in [6.45, 7) is 5.74. The van der Waals surface area contributed by atoms with Gasteiger partial charge in [0.15, 0.2) is 0 Å². The third kappa shape index (κ3) is 4.09. The Morgan fingerprint density at radius 1 is 1.10 bits per heavy atom. The summed E-state index contributed by atoms with van der Waals surface area (Å²) in [4.78, 5) is 37.1. The van der Waals surface area contributed by atoms with Crippen molar-refractivity contribution in [2.24, 2.45) is 23.2 Å². The van der Waals surface area contributed by atoms with E-state index in [1.807, 2.05) is 38.1 Å². The van der Waals surface area contributed by atoms with Gasteiger partial charge in [-0.2, -0.15) is 0 Å². The van der Waals surface area contributed by atoms with Crippen molar-refractivity contribution in [1.82, 2.24) is 10.6 Å². The summed E-state index contributed by atoms with van der Waals surface area (Å²) in [6, 6.07) is 7.64. The van der Waals surface area contributed by atoms with Crippen LogP contribution in [0.15, 0.2) is 24.3 Å². The van der Waals surface area contributed by atoms with Crippen LogP contribution in [0.3, 0.4) is 0 Å². The molecule has 0 heterocycles. The minimum atomic E-state index is -0.365. The Hall–Kier alpha value is -2.37. The molecule has 4 fully saturated rings. The van der Waals surface area contributed by atoms with E-state index in [2.05, 4.69) is 16.0 Å². The van der Waals surface area contributed by atoms with Crippen molar-refractivity contribution in [2.75, 3.05) is 5.32 Å². The monoisotopic (exact) mass is 411 g/mol. The van der Waals surface area contributed by atoms with Crippen molar-refractivity contribution in [2.45, 2.75) is 71.4 Å². The largest absolute Gasteiger partial charge is 0.352 e. The van der Waals surface area contributed by atoms with Gasteiger partial charge < -0.3 is 16.0 Å². The summed E-state index contributed by atoms with van der Waals surface area (Å²) in [5.74, 6) is 1.07. The number of rotatable bonds is 6. The van der Waals surface area contributed by atoms with Crippen molar-refractivity contribution < 1.29 is 14.4 Å². The molecule has 0 aromatic heterocycles. The van der Waals surface area contributed by atoms with Gasteiger partial charge in [0.1, 0.15) is 0 Å². The highest BCUT2D eigenvalue weighted by atomic mass is 16.2. The van der Waals surface area contributed by atoms with Crippen molar-refractivity contribution in [3.05, 3.63) is 29.8 Å². The molecule has 3 N–H and O–H groups in total. The number of hydrogen-bond acceptors (Lipinski definition) is 3. The fourth-order valence-electron chi connectivity index (χ4n) is 6.46. The highest BCUT2D eigenvalue weighted by Crippen LogP contribution is 2.61. The zero-order valence-electron chi connectivity index (χ0n) is 18.2. The molecule has 6 heteroatoms. The highest BCUT2D eigenvalue weighted by molar-refractivity contribution is 5.92. The number of anilines is 1. The zero-order valence-corrected chi connectivity index (χ0v) is 18.2. The van der Waals surface area contributed by atoms with Gasteiger partial charge in [-0.15, -0.1) is 0 Å². The second-order valence-electron chi connectivity index (χ2n) is 10.2. The summed E-state index contributed by atoms with van der Waals surface area (Å²) >= 11 is 0. The molecule has 5 rings (SSSR count).